The van der Waals surface area contributed by atoms with E-state index in [9.17, 15) is 9.18 Å². The minimum atomic E-state index is -0.702. The lowest BCUT2D eigenvalue weighted by Gasteiger charge is -2.51. The Morgan fingerprint density at radius 1 is 1.30 bits per heavy atom. The van der Waals surface area contributed by atoms with E-state index in [2.05, 4.69) is 16.8 Å². The van der Waals surface area contributed by atoms with E-state index in [-0.39, 0.29) is 5.56 Å². The van der Waals surface area contributed by atoms with Crippen molar-refractivity contribution in [3.63, 3.8) is 0 Å². The molecule has 1 aromatic carbocycles. The quantitative estimate of drug-likeness (QED) is 0.891. The summed E-state index contributed by atoms with van der Waals surface area (Å²) >= 11 is 0. The van der Waals surface area contributed by atoms with Crippen molar-refractivity contribution in [2.24, 2.45) is 5.73 Å². The first-order valence-corrected chi connectivity index (χ1v) is 7.04. The number of anilines is 1. The molecule has 3 aliphatic heterocycles. The second-order valence-electron chi connectivity index (χ2n) is 5.96. The number of piperazine rings is 1. The van der Waals surface area contributed by atoms with Gasteiger partial charge in [-0.2, -0.15) is 0 Å². The Bertz CT molecular complexity index is 537. The summed E-state index contributed by atoms with van der Waals surface area (Å²) in [6.07, 6.45) is 2.35. The van der Waals surface area contributed by atoms with Gasteiger partial charge in [-0.1, -0.05) is 0 Å². The summed E-state index contributed by atoms with van der Waals surface area (Å²) in [7, 11) is 2.15. The molecule has 2 N–H and O–H groups in total. The lowest BCUT2D eigenvalue weighted by Crippen LogP contribution is -2.61. The fraction of sp³-hybridized carbons (Fsp3) is 0.533. The van der Waals surface area contributed by atoms with Crippen molar-refractivity contribution in [2.75, 3.05) is 25.0 Å². The molecule has 3 heterocycles. The average Bonchev–Trinajstić information content (AvgIpc) is 2.37. The lowest BCUT2D eigenvalue weighted by atomic mass is 9.90. The topological polar surface area (TPSA) is 49.6 Å². The Morgan fingerprint density at radius 2 is 2.00 bits per heavy atom. The maximum atomic E-state index is 14.1. The third-order valence-corrected chi connectivity index (χ3v) is 4.65. The Kier molecular flexibility index (Phi) is 3.17. The van der Waals surface area contributed by atoms with Gasteiger partial charge < -0.3 is 10.6 Å². The zero-order valence-electron chi connectivity index (χ0n) is 11.9. The van der Waals surface area contributed by atoms with Crippen LogP contribution in [0.1, 0.15) is 28.8 Å². The van der Waals surface area contributed by atoms with Gasteiger partial charge in [0.25, 0.3) is 5.91 Å². The van der Waals surface area contributed by atoms with Gasteiger partial charge in [0.05, 0.1) is 5.56 Å². The van der Waals surface area contributed by atoms with E-state index in [0.717, 1.165) is 25.2 Å². The number of hydrogen-bond donors (Lipinski definition) is 1. The monoisotopic (exact) mass is 277 g/mol. The standard InChI is InChI=1S/C15H20FN3O/c1-9-5-12(6-13(16)14(9)15(17)20)19-8-10-3-4-11(19)7-18(10)2/h5-6,10-11H,3-4,7-8H2,1-2H3,(H2,17,20). The molecule has 3 saturated heterocycles. The number of nitrogens with two attached hydrogens (primary N) is 1. The van der Waals surface area contributed by atoms with Crippen molar-refractivity contribution in [3.05, 3.63) is 29.1 Å². The second-order valence-corrected chi connectivity index (χ2v) is 5.96. The number of hydrogen-bond acceptors (Lipinski definition) is 3. The van der Waals surface area contributed by atoms with Crippen LogP contribution in [0.2, 0.25) is 0 Å². The molecule has 1 amide bonds. The summed E-state index contributed by atoms with van der Waals surface area (Å²) in [4.78, 5) is 15.9. The maximum absolute atomic E-state index is 14.1. The molecule has 5 heteroatoms. The van der Waals surface area contributed by atoms with Gasteiger partial charge in [-0.25, -0.2) is 4.39 Å². The summed E-state index contributed by atoms with van der Waals surface area (Å²) in [5, 5.41) is 0. The van der Waals surface area contributed by atoms with Crippen molar-refractivity contribution in [2.45, 2.75) is 31.8 Å². The van der Waals surface area contributed by atoms with Gasteiger partial charge in [0.1, 0.15) is 5.82 Å². The Labute approximate surface area is 118 Å². The molecule has 108 valence electrons. The van der Waals surface area contributed by atoms with Crippen LogP contribution in [0.5, 0.6) is 0 Å². The van der Waals surface area contributed by atoms with E-state index in [0.29, 0.717) is 17.6 Å². The van der Waals surface area contributed by atoms with E-state index in [1.54, 1.807) is 6.92 Å². The summed E-state index contributed by atoms with van der Waals surface area (Å²) in [6.45, 7) is 3.68. The molecule has 0 aliphatic carbocycles. The van der Waals surface area contributed by atoms with Crippen molar-refractivity contribution in [3.8, 4) is 0 Å². The highest BCUT2D eigenvalue weighted by molar-refractivity contribution is 5.95. The van der Waals surface area contributed by atoms with Gasteiger partial charge in [0, 0.05) is 30.9 Å². The Hall–Kier alpha value is -1.62. The zero-order chi connectivity index (χ0) is 14.4. The molecule has 1 aromatic rings. The van der Waals surface area contributed by atoms with E-state index in [4.69, 9.17) is 5.73 Å². The summed E-state index contributed by atoms with van der Waals surface area (Å²) in [6, 6.07) is 4.31. The SMILES string of the molecule is Cc1cc(N2CC3CCC2CN3C)cc(F)c1C(N)=O. The van der Waals surface area contributed by atoms with Gasteiger partial charge in [-0.15, -0.1) is 0 Å². The molecule has 4 rings (SSSR count). The zero-order valence-corrected chi connectivity index (χ0v) is 11.9. The minimum absolute atomic E-state index is 0.00744. The molecule has 2 atom stereocenters. The van der Waals surface area contributed by atoms with Crippen LogP contribution in [0.4, 0.5) is 10.1 Å². The third-order valence-electron chi connectivity index (χ3n) is 4.65. The summed E-state index contributed by atoms with van der Waals surface area (Å²) in [5.41, 5.74) is 6.71. The fourth-order valence-corrected chi connectivity index (χ4v) is 3.56. The molecule has 3 fully saturated rings. The first kappa shape index (κ1) is 13.4. The van der Waals surface area contributed by atoms with Gasteiger partial charge in [0.2, 0.25) is 0 Å². The molecule has 0 aromatic heterocycles. The van der Waals surface area contributed by atoms with Gasteiger partial charge in [-0.3, -0.25) is 9.69 Å². The number of halogens is 1. The van der Waals surface area contributed by atoms with Gasteiger partial charge >= 0.3 is 0 Å². The normalized spacial score (nSPS) is 26.1. The van der Waals surface area contributed by atoms with Crippen LogP contribution in [0, 0.1) is 12.7 Å². The number of fused-ring (bicyclic) bond motifs is 3. The molecule has 20 heavy (non-hydrogen) atoms. The molecular weight excluding hydrogens is 257 g/mol. The summed E-state index contributed by atoms with van der Waals surface area (Å²) in [5.74, 6) is -1.21. The largest absolute Gasteiger partial charge is 0.366 e. The van der Waals surface area contributed by atoms with Crippen LogP contribution in [-0.2, 0) is 0 Å². The maximum Gasteiger partial charge on any atom is 0.251 e. The van der Waals surface area contributed by atoms with Crippen LogP contribution >= 0.6 is 0 Å². The van der Waals surface area contributed by atoms with E-state index < -0.39 is 11.7 Å². The number of likely N-dealkylation sites (N-methyl/N-ethyl adjacent to an activating group) is 1. The number of carbonyl (C=O) groups is 1. The second kappa shape index (κ2) is 4.74. The van der Waals surface area contributed by atoms with Crippen molar-refractivity contribution in [1.82, 2.24) is 4.90 Å². The molecule has 2 bridgehead atoms. The summed E-state index contributed by atoms with van der Waals surface area (Å²) < 4.78 is 14.1. The number of rotatable bonds is 2. The van der Waals surface area contributed by atoms with Crippen LogP contribution in [0.15, 0.2) is 12.1 Å². The first-order valence-electron chi connectivity index (χ1n) is 7.04. The van der Waals surface area contributed by atoms with Crippen LogP contribution in [0.3, 0.4) is 0 Å². The highest BCUT2D eigenvalue weighted by Gasteiger charge is 2.37. The molecule has 0 spiro atoms. The van der Waals surface area contributed by atoms with Crippen molar-refractivity contribution < 1.29 is 9.18 Å². The van der Waals surface area contributed by atoms with E-state index in [1.807, 2.05) is 6.07 Å². The number of primary amides is 1. The Morgan fingerprint density at radius 3 is 2.50 bits per heavy atom. The number of benzene rings is 1. The van der Waals surface area contributed by atoms with Gasteiger partial charge in [0.15, 0.2) is 0 Å². The number of piperidine rings is 2. The smallest absolute Gasteiger partial charge is 0.251 e. The van der Waals surface area contributed by atoms with Crippen LogP contribution < -0.4 is 10.6 Å². The third kappa shape index (κ3) is 2.06. The number of carbonyl (C=O) groups excluding carboxylic acids is 1. The molecule has 2 unspecified atom stereocenters. The van der Waals surface area contributed by atoms with E-state index in [1.165, 1.54) is 12.5 Å². The molecular formula is C15H20FN3O. The van der Waals surface area contributed by atoms with E-state index >= 15 is 0 Å². The molecule has 3 aliphatic rings. The first-order chi connectivity index (χ1) is 9.47. The molecule has 0 saturated carbocycles. The molecule has 0 radical (unpaired) electrons. The minimum Gasteiger partial charge on any atom is -0.366 e. The number of aryl methyl sites for hydroxylation is 1. The predicted octanol–water partition coefficient (Wildman–Crippen LogP) is 1.52. The fourth-order valence-electron chi connectivity index (χ4n) is 3.56. The average molecular weight is 277 g/mol. The highest BCUT2D eigenvalue weighted by Crippen LogP contribution is 2.33. The van der Waals surface area contributed by atoms with Crippen molar-refractivity contribution >= 4 is 11.6 Å². The Balaban J connectivity index is 1.94. The predicted molar refractivity (Wildman–Crippen MR) is 76.4 cm³/mol. The van der Waals surface area contributed by atoms with Crippen molar-refractivity contribution in [1.29, 1.82) is 0 Å². The van der Waals surface area contributed by atoms with Gasteiger partial charge in [-0.05, 0) is 44.5 Å². The number of nitrogens with zero attached hydrogens (tertiary/aromatic N) is 2. The highest BCUT2D eigenvalue weighted by atomic mass is 19.1. The lowest BCUT2D eigenvalue weighted by molar-refractivity contribution is 0.0996. The van der Waals surface area contributed by atoms with Crippen LogP contribution in [-0.4, -0.2) is 43.0 Å². The van der Waals surface area contributed by atoms with Crippen LogP contribution in [0.25, 0.3) is 0 Å². The number of amides is 1. The molecule has 4 nitrogen and oxygen atoms in total.